The first-order valence-electron chi connectivity index (χ1n) is 4.67. The van der Waals surface area contributed by atoms with Crippen LogP contribution in [0.5, 0.6) is 0 Å². The number of aliphatic hydroxyl groups is 2. The second kappa shape index (κ2) is 4.86. The average Bonchev–Trinajstić information content (AvgIpc) is 2.16. The zero-order valence-corrected chi connectivity index (χ0v) is 8.69. The molecule has 15 heavy (non-hydrogen) atoms. The Labute approximate surface area is 87.8 Å². The van der Waals surface area contributed by atoms with Gasteiger partial charge >= 0.3 is 0 Å². The number of hydrogen-bond acceptors (Lipinski definition) is 4. The zero-order chi connectivity index (χ0) is 11.4. The van der Waals surface area contributed by atoms with Crippen molar-refractivity contribution in [2.24, 2.45) is 0 Å². The summed E-state index contributed by atoms with van der Waals surface area (Å²) in [6.07, 6.45) is -1.20. The first-order valence-corrected chi connectivity index (χ1v) is 4.67. The Morgan fingerprint density at radius 1 is 1.53 bits per heavy atom. The van der Waals surface area contributed by atoms with Crippen LogP contribution in [0.1, 0.15) is 30.9 Å². The molecule has 5 heteroatoms. The van der Waals surface area contributed by atoms with Crippen LogP contribution in [0.15, 0.2) is 12.1 Å². The van der Waals surface area contributed by atoms with E-state index < -0.39 is 6.29 Å². The van der Waals surface area contributed by atoms with E-state index in [1.807, 2.05) is 0 Å². The molecule has 0 spiro atoms. The summed E-state index contributed by atoms with van der Waals surface area (Å²) in [7, 11) is 0. The number of aromatic nitrogens is 1. The highest BCUT2D eigenvalue weighted by Crippen LogP contribution is 2.15. The van der Waals surface area contributed by atoms with E-state index in [2.05, 4.69) is 10.3 Å². The second-order valence-electron chi connectivity index (χ2n) is 3.20. The molecule has 5 nitrogen and oxygen atoms in total. The Morgan fingerprint density at radius 3 is 2.73 bits per heavy atom. The number of aryl methyl sites for hydroxylation is 1. The number of anilines is 1. The summed E-state index contributed by atoms with van der Waals surface area (Å²) < 4.78 is 0. The van der Waals surface area contributed by atoms with Crippen molar-refractivity contribution in [3.63, 3.8) is 0 Å². The van der Waals surface area contributed by atoms with Gasteiger partial charge in [0.1, 0.15) is 5.82 Å². The van der Waals surface area contributed by atoms with E-state index in [0.717, 1.165) is 0 Å². The van der Waals surface area contributed by atoms with E-state index in [0.29, 0.717) is 23.5 Å². The van der Waals surface area contributed by atoms with Crippen molar-refractivity contribution in [2.45, 2.75) is 26.6 Å². The molecule has 82 valence electrons. The maximum absolute atomic E-state index is 11.1. The third-order valence-electron chi connectivity index (χ3n) is 1.86. The standard InChI is InChI=1S/C10H14N2O3/c1-3-9(13)12-8-5-7(10(14)15)4-6(2)11-8/h4-5,10,14-15H,3H2,1-2H3,(H,11,12,13). The Bertz CT molecular complexity index is 364. The molecule has 3 N–H and O–H groups in total. The third kappa shape index (κ3) is 3.30. The van der Waals surface area contributed by atoms with Crippen molar-refractivity contribution < 1.29 is 15.0 Å². The van der Waals surface area contributed by atoms with E-state index in [-0.39, 0.29) is 5.91 Å². The van der Waals surface area contributed by atoms with Crippen LogP contribution in [0, 0.1) is 6.92 Å². The molecule has 0 fully saturated rings. The minimum absolute atomic E-state index is 0.161. The second-order valence-corrected chi connectivity index (χ2v) is 3.20. The summed E-state index contributed by atoms with van der Waals surface area (Å²) >= 11 is 0. The summed E-state index contributed by atoms with van der Waals surface area (Å²) in [5, 5.41) is 20.5. The Kier molecular flexibility index (Phi) is 3.76. The number of hydrogen-bond donors (Lipinski definition) is 3. The fourth-order valence-electron chi connectivity index (χ4n) is 1.14. The van der Waals surface area contributed by atoms with Gasteiger partial charge < -0.3 is 15.5 Å². The molecule has 0 atom stereocenters. The summed E-state index contributed by atoms with van der Waals surface area (Å²) in [4.78, 5) is 15.1. The molecule has 0 aliphatic rings. The van der Waals surface area contributed by atoms with E-state index >= 15 is 0 Å². The van der Waals surface area contributed by atoms with E-state index in [1.54, 1.807) is 19.9 Å². The average molecular weight is 210 g/mol. The number of aliphatic hydroxyl groups excluding tert-OH is 1. The zero-order valence-electron chi connectivity index (χ0n) is 8.69. The number of nitrogens with zero attached hydrogens (tertiary/aromatic N) is 1. The molecule has 0 aromatic carbocycles. The lowest BCUT2D eigenvalue weighted by molar-refractivity contribution is -0.115. The summed E-state index contributed by atoms with van der Waals surface area (Å²) in [5.74, 6) is 0.177. The molecule has 0 aliphatic heterocycles. The first-order chi connectivity index (χ1) is 7.02. The van der Waals surface area contributed by atoms with E-state index in [1.165, 1.54) is 6.07 Å². The van der Waals surface area contributed by atoms with E-state index in [4.69, 9.17) is 10.2 Å². The lowest BCUT2D eigenvalue weighted by atomic mass is 10.2. The molecule has 1 aromatic rings. The largest absolute Gasteiger partial charge is 0.364 e. The number of pyridine rings is 1. The summed E-state index contributed by atoms with van der Waals surface area (Å²) in [6, 6.07) is 2.98. The number of amides is 1. The van der Waals surface area contributed by atoms with Crippen LogP contribution in [0.3, 0.4) is 0 Å². The van der Waals surface area contributed by atoms with Gasteiger partial charge in [0.15, 0.2) is 6.29 Å². The highest BCUT2D eigenvalue weighted by atomic mass is 16.5. The highest BCUT2D eigenvalue weighted by Gasteiger charge is 2.07. The maximum atomic E-state index is 11.1. The van der Waals surface area contributed by atoms with Gasteiger partial charge in [0, 0.05) is 17.7 Å². The van der Waals surface area contributed by atoms with Gasteiger partial charge in [-0.1, -0.05) is 6.92 Å². The Hall–Kier alpha value is -1.46. The van der Waals surface area contributed by atoms with Crippen LogP contribution in [0.25, 0.3) is 0 Å². The van der Waals surface area contributed by atoms with Gasteiger partial charge in [-0.3, -0.25) is 4.79 Å². The smallest absolute Gasteiger partial charge is 0.225 e. The van der Waals surface area contributed by atoms with Crippen molar-refractivity contribution in [3.8, 4) is 0 Å². The van der Waals surface area contributed by atoms with Gasteiger partial charge in [0.25, 0.3) is 0 Å². The summed E-state index contributed by atoms with van der Waals surface area (Å²) in [5.41, 5.74) is 0.931. The minimum atomic E-state index is -1.55. The Balaban J connectivity index is 2.93. The van der Waals surface area contributed by atoms with Crippen molar-refractivity contribution in [3.05, 3.63) is 23.4 Å². The van der Waals surface area contributed by atoms with Gasteiger partial charge in [-0.25, -0.2) is 4.98 Å². The molecular formula is C10H14N2O3. The van der Waals surface area contributed by atoms with Gasteiger partial charge in [-0.2, -0.15) is 0 Å². The summed E-state index contributed by atoms with van der Waals surface area (Å²) in [6.45, 7) is 3.44. The molecule has 0 unspecified atom stereocenters. The quantitative estimate of drug-likeness (QED) is 0.642. The topological polar surface area (TPSA) is 82.5 Å². The normalized spacial score (nSPS) is 10.5. The fourth-order valence-corrected chi connectivity index (χ4v) is 1.14. The van der Waals surface area contributed by atoms with Crippen molar-refractivity contribution in [1.82, 2.24) is 4.98 Å². The highest BCUT2D eigenvalue weighted by molar-refractivity contribution is 5.89. The predicted molar refractivity (Wildman–Crippen MR) is 55.1 cm³/mol. The fraction of sp³-hybridized carbons (Fsp3) is 0.400. The van der Waals surface area contributed by atoms with E-state index in [9.17, 15) is 4.79 Å². The molecule has 0 bridgehead atoms. The maximum Gasteiger partial charge on any atom is 0.225 e. The molecule has 1 amide bonds. The number of carbonyl (C=O) groups is 1. The van der Waals surface area contributed by atoms with Crippen molar-refractivity contribution in [1.29, 1.82) is 0 Å². The lowest BCUT2D eigenvalue weighted by Gasteiger charge is -2.08. The molecule has 1 heterocycles. The van der Waals surface area contributed by atoms with Crippen LogP contribution < -0.4 is 5.32 Å². The Morgan fingerprint density at radius 2 is 2.20 bits per heavy atom. The predicted octanol–water partition coefficient (Wildman–Crippen LogP) is 0.722. The van der Waals surface area contributed by atoms with Crippen LogP contribution in [0.4, 0.5) is 5.82 Å². The number of rotatable bonds is 3. The lowest BCUT2D eigenvalue weighted by Crippen LogP contribution is -2.12. The van der Waals surface area contributed by atoms with Crippen molar-refractivity contribution >= 4 is 11.7 Å². The third-order valence-corrected chi connectivity index (χ3v) is 1.86. The molecule has 0 aliphatic carbocycles. The van der Waals surface area contributed by atoms with Gasteiger partial charge in [-0.05, 0) is 19.1 Å². The SMILES string of the molecule is CCC(=O)Nc1cc(C(O)O)cc(C)n1. The van der Waals surface area contributed by atoms with Gasteiger partial charge in [0.05, 0.1) is 0 Å². The van der Waals surface area contributed by atoms with Crippen LogP contribution >= 0.6 is 0 Å². The molecule has 0 radical (unpaired) electrons. The molecular weight excluding hydrogens is 196 g/mol. The van der Waals surface area contributed by atoms with Gasteiger partial charge in [-0.15, -0.1) is 0 Å². The molecule has 1 rings (SSSR count). The van der Waals surface area contributed by atoms with Crippen molar-refractivity contribution in [2.75, 3.05) is 5.32 Å². The molecule has 1 aromatic heterocycles. The van der Waals surface area contributed by atoms with Gasteiger partial charge in [0.2, 0.25) is 5.91 Å². The molecule has 0 saturated heterocycles. The van der Waals surface area contributed by atoms with Crippen LogP contribution in [-0.4, -0.2) is 21.1 Å². The first kappa shape index (κ1) is 11.6. The van der Waals surface area contributed by atoms with Crippen LogP contribution in [-0.2, 0) is 4.79 Å². The molecule has 0 saturated carbocycles. The minimum Gasteiger partial charge on any atom is -0.364 e. The number of carbonyl (C=O) groups excluding carboxylic acids is 1. The van der Waals surface area contributed by atoms with Crippen LogP contribution in [0.2, 0.25) is 0 Å². The number of nitrogens with one attached hydrogen (secondary N) is 1. The monoisotopic (exact) mass is 210 g/mol.